The molecule has 0 radical (unpaired) electrons. The summed E-state index contributed by atoms with van der Waals surface area (Å²) in [6, 6.07) is 8.85. The normalized spacial score (nSPS) is 33.1. The van der Waals surface area contributed by atoms with Gasteiger partial charge in [-0.2, -0.15) is 0 Å². The van der Waals surface area contributed by atoms with Crippen LogP contribution in [0.25, 0.3) is 0 Å². The Hall–Kier alpha value is -1.32. The van der Waals surface area contributed by atoms with Gasteiger partial charge in [-0.25, -0.2) is 0 Å². The molecule has 4 atom stereocenters. The fourth-order valence-corrected chi connectivity index (χ4v) is 6.26. The van der Waals surface area contributed by atoms with E-state index in [1.54, 1.807) is 5.57 Å². The third-order valence-electron chi connectivity index (χ3n) is 7.25. The number of carbonyl (C=O) groups is 1. The van der Waals surface area contributed by atoms with Crippen molar-refractivity contribution in [2.45, 2.75) is 57.0 Å². The minimum Gasteiger partial charge on any atom is -0.335 e. The number of carbonyl (C=O) groups excluding carboxylic acids is 1. The minimum atomic E-state index is 0.284. The molecule has 5 rings (SSSR count). The zero-order chi connectivity index (χ0) is 18.4. The van der Waals surface area contributed by atoms with Crippen LogP contribution in [0.2, 0.25) is 5.02 Å². The second-order valence-corrected chi connectivity index (χ2v) is 9.33. The number of amides is 1. The summed E-state index contributed by atoms with van der Waals surface area (Å²) in [5.41, 5.74) is 2.63. The third kappa shape index (κ3) is 3.34. The second-order valence-electron chi connectivity index (χ2n) is 8.90. The Morgan fingerprint density at radius 2 is 1.96 bits per heavy atom. The van der Waals surface area contributed by atoms with E-state index in [0.29, 0.717) is 18.4 Å². The molecule has 1 aliphatic carbocycles. The molecule has 0 aromatic heterocycles. The third-order valence-corrected chi connectivity index (χ3v) is 7.50. The summed E-state index contributed by atoms with van der Waals surface area (Å²) < 4.78 is 0. The Bertz CT molecular complexity index is 743. The maximum atomic E-state index is 13.2. The molecule has 1 aromatic rings. The number of rotatable bonds is 2. The largest absolute Gasteiger partial charge is 0.335 e. The van der Waals surface area contributed by atoms with Crippen molar-refractivity contribution in [3.8, 4) is 0 Å². The van der Waals surface area contributed by atoms with Gasteiger partial charge >= 0.3 is 0 Å². The number of hydrogen-bond acceptors (Lipinski definition) is 2. The van der Waals surface area contributed by atoms with Gasteiger partial charge in [-0.15, -0.1) is 0 Å². The minimum absolute atomic E-state index is 0.284. The number of likely N-dealkylation sites (tertiary alicyclic amines) is 1. The summed E-state index contributed by atoms with van der Waals surface area (Å²) in [6.07, 6.45) is 10.8. The Kier molecular flexibility index (Phi) is 4.77. The zero-order valence-electron chi connectivity index (χ0n) is 15.9. The molecular formula is C23H29ClN2O. The number of piperidine rings is 3. The molecule has 3 nitrogen and oxygen atoms in total. The number of benzene rings is 1. The summed E-state index contributed by atoms with van der Waals surface area (Å²) in [7, 11) is 0. The molecule has 27 heavy (non-hydrogen) atoms. The highest BCUT2D eigenvalue weighted by atomic mass is 35.5. The van der Waals surface area contributed by atoms with E-state index in [9.17, 15) is 4.79 Å². The van der Waals surface area contributed by atoms with Gasteiger partial charge in [0, 0.05) is 24.2 Å². The van der Waals surface area contributed by atoms with Gasteiger partial charge in [-0.1, -0.05) is 41.8 Å². The predicted molar refractivity (Wildman–Crippen MR) is 109 cm³/mol. The number of nitrogens with zero attached hydrogens (tertiary/aromatic N) is 2. The molecule has 2 bridgehead atoms. The van der Waals surface area contributed by atoms with Crippen LogP contribution >= 0.6 is 11.6 Å². The molecule has 3 heterocycles. The van der Waals surface area contributed by atoms with Gasteiger partial charge in [-0.05, 0) is 68.2 Å². The summed E-state index contributed by atoms with van der Waals surface area (Å²) >= 11 is 5.99. The maximum absolute atomic E-state index is 13.2. The van der Waals surface area contributed by atoms with E-state index >= 15 is 0 Å². The lowest BCUT2D eigenvalue weighted by atomic mass is 9.68. The molecule has 3 aliphatic heterocycles. The van der Waals surface area contributed by atoms with Crippen LogP contribution in [0.5, 0.6) is 0 Å². The molecular weight excluding hydrogens is 356 g/mol. The van der Waals surface area contributed by atoms with Crippen molar-refractivity contribution >= 4 is 17.5 Å². The molecule has 0 spiro atoms. The van der Waals surface area contributed by atoms with E-state index in [-0.39, 0.29) is 5.91 Å². The lowest BCUT2D eigenvalue weighted by molar-refractivity contribution is -0.135. The quantitative estimate of drug-likeness (QED) is 0.709. The van der Waals surface area contributed by atoms with Crippen LogP contribution in [0.15, 0.2) is 35.9 Å². The van der Waals surface area contributed by atoms with Crippen molar-refractivity contribution in [2.75, 3.05) is 19.6 Å². The van der Waals surface area contributed by atoms with Crippen molar-refractivity contribution < 1.29 is 4.79 Å². The summed E-state index contributed by atoms with van der Waals surface area (Å²) in [5, 5.41) is 0.728. The van der Waals surface area contributed by atoms with Crippen molar-refractivity contribution in [3.05, 3.63) is 46.5 Å². The van der Waals surface area contributed by atoms with Crippen LogP contribution in [-0.4, -0.2) is 47.4 Å². The summed E-state index contributed by atoms with van der Waals surface area (Å²) in [6.45, 7) is 3.36. The van der Waals surface area contributed by atoms with Gasteiger partial charge in [0.15, 0.2) is 0 Å². The van der Waals surface area contributed by atoms with Crippen LogP contribution in [0.3, 0.4) is 0 Å². The van der Waals surface area contributed by atoms with Crippen LogP contribution < -0.4 is 0 Å². The highest BCUT2D eigenvalue weighted by molar-refractivity contribution is 6.30. The van der Waals surface area contributed by atoms with Crippen LogP contribution in [-0.2, 0) is 11.2 Å². The van der Waals surface area contributed by atoms with E-state index in [2.05, 4.69) is 15.9 Å². The lowest BCUT2D eigenvalue weighted by Gasteiger charge is -2.54. The Balaban J connectivity index is 1.38. The van der Waals surface area contributed by atoms with E-state index < -0.39 is 0 Å². The van der Waals surface area contributed by atoms with Crippen molar-refractivity contribution in [3.63, 3.8) is 0 Å². The van der Waals surface area contributed by atoms with Gasteiger partial charge in [0.1, 0.15) is 0 Å². The van der Waals surface area contributed by atoms with Gasteiger partial charge in [0.2, 0.25) is 5.91 Å². The van der Waals surface area contributed by atoms with Gasteiger partial charge < -0.3 is 4.90 Å². The average Bonchev–Trinajstić information content (AvgIpc) is 2.69. The first-order valence-corrected chi connectivity index (χ1v) is 11.1. The average molecular weight is 385 g/mol. The molecule has 1 amide bonds. The number of hydrogen-bond donors (Lipinski definition) is 0. The monoisotopic (exact) mass is 384 g/mol. The maximum Gasteiger partial charge on any atom is 0.227 e. The SMILES string of the molecule is O=C(Cc1ccc(Cl)cc1)N1CCCC2=CC3CC(CN4CCCCC34)C21. The molecule has 3 fully saturated rings. The predicted octanol–water partition coefficient (Wildman–Crippen LogP) is 4.30. The first-order chi connectivity index (χ1) is 13.2. The van der Waals surface area contributed by atoms with Crippen LogP contribution in [0.1, 0.15) is 44.1 Å². The first-order valence-electron chi connectivity index (χ1n) is 10.7. The fraction of sp³-hybridized carbons (Fsp3) is 0.609. The van der Waals surface area contributed by atoms with Crippen LogP contribution in [0, 0.1) is 11.8 Å². The van der Waals surface area contributed by atoms with E-state index in [0.717, 1.165) is 35.5 Å². The molecule has 3 saturated heterocycles. The fourth-order valence-electron chi connectivity index (χ4n) is 6.13. The van der Waals surface area contributed by atoms with Gasteiger partial charge in [-0.3, -0.25) is 9.69 Å². The van der Waals surface area contributed by atoms with E-state index in [4.69, 9.17) is 11.6 Å². The smallest absolute Gasteiger partial charge is 0.227 e. The summed E-state index contributed by atoms with van der Waals surface area (Å²) in [4.78, 5) is 18.2. The molecule has 0 N–H and O–H groups in total. The zero-order valence-corrected chi connectivity index (χ0v) is 16.7. The van der Waals surface area contributed by atoms with Crippen molar-refractivity contribution in [1.82, 2.24) is 9.80 Å². The second kappa shape index (κ2) is 7.25. The summed E-state index contributed by atoms with van der Waals surface area (Å²) in [5.74, 6) is 1.63. The highest BCUT2D eigenvalue weighted by Gasteiger charge is 2.46. The van der Waals surface area contributed by atoms with Crippen molar-refractivity contribution in [1.29, 1.82) is 0 Å². The number of halogens is 1. The van der Waals surface area contributed by atoms with E-state index in [1.807, 2.05) is 24.3 Å². The van der Waals surface area contributed by atoms with Gasteiger partial charge in [0.05, 0.1) is 12.5 Å². The standard InChI is InChI=1S/C23H29ClN2O/c24-20-8-6-16(7-9-20)12-22(27)26-11-3-4-17-13-18-14-19(23(17)26)15-25-10-2-1-5-21(18)25/h6-9,13,18-19,21,23H,1-5,10-12,14-15H2. The molecule has 4 aliphatic rings. The Morgan fingerprint density at radius 1 is 1.11 bits per heavy atom. The van der Waals surface area contributed by atoms with Crippen molar-refractivity contribution in [2.24, 2.45) is 11.8 Å². The highest BCUT2D eigenvalue weighted by Crippen LogP contribution is 2.45. The molecule has 0 saturated carbocycles. The lowest BCUT2D eigenvalue weighted by Crippen LogP contribution is -2.60. The molecule has 4 unspecified atom stereocenters. The number of fused-ring (bicyclic) bond motifs is 6. The molecule has 144 valence electrons. The van der Waals surface area contributed by atoms with E-state index in [1.165, 1.54) is 45.2 Å². The molecule has 4 heteroatoms. The molecule has 1 aromatic carbocycles. The Labute approximate surface area is 167 Å². The first kappa shape index (κ1) is 17.8. The Morgan fingerprint density at radius 3 is 2.81 bits per heavy atom. The van der Waals surface area contributed by atoms with Gasteiger partial charge in [0.25, 0.3) is 0 Å². The topological polar surface area (TPSA) is 23.6 Å². The van der Waals surface area contributed by atoms with Crippen LogP contribution in [0.4, 0.5) is 0 Å².